The summed E-state index contributed by atoms with van der Waals surface area (Å²) in [6.45, 7) is 1.51. The fraction of sp³-hybridized carbons (Fsp3) is 1.00. The van der Waals surface area contributed by atoms with Crippen molar-refractivity contribution in [3.63, 3.8) is 0 Å². The number of epoxide rings is 2. The molecule has 16 heavy (non-hydrogen) atoms. The van der Waals surface area contributed by atoms with E-state index in [-0.39, 0.29) is 12.5 Å². The van der Waals surface area contributed by atoms with Crippen molar-refractivity contribution < 1.29 is 19.7 Å². The van der Waals surface area contributed by atoms with Crippen molar-refractivity contribution in [3.05, 3.63) is 0 Å². The predicted molar refractivity (Wildman–Crippen MR) is 64.7 cm³/mol. The van der Waals surface area contributed by atoms with Crippen molar-refractivity contribution in [1.82, 2.24) is 0 Å². The van der Waals surface area contributed by atoms with Gasteiger partial charge in [-0.1, -0.05) is 0 Å². The molecule has 98 valence electrons. The Hall–Kier alpha value is 0.710. The molecule has 0 aromatic rings. The van der Waals surface area contributed by atoms with Gasteiger partial charge in [-0.2, -0.15) is 0 Å². The molecule has 1 unspecified atom stereocenters. The summed E-state index contributed by atoms with van der Waals surface area (Å²) in [4.78, 5) is 0. The fourth-order valence-corrected chi connectivity index (χ4v) is 0.817. The second-order valence-electron chi connectivity index (χ2n) is 3.21. The first-order chi connectivity index (χ1) is 7.67. The Morgan fingerprint density at radius 2 is 1.44 bits per heavy atom. The average molecular weight is 296 g/mol. The molecule has 0 bridgehead atoms. The van der Waals surface area contributed by atoms with Gasteiger partial charge >= 0.3 is 0 Å². The molecule has 2 rings (SSSR count). The van der Waals surface area contributed by atoms with Gasteiger partial charge in [-0.3, -0.25) is 0 Å². The zero-order chi connectivity index (χ0) is 12.4. The lowest BCUT2D eigenvalue weighted by Crippen LogP contribution is -2.12. The SMILES string of the molecule is ClCC1CO1.ClC[C@@H]1CO1.OC[C@@H](O)CCl. The smallest absolute Gasteiger partial charge is 0.0944 e. The van der Waals surface area contributed by atoms with Gasteiger partial charge in [0.15, 0.2) is 0 Å². The van der Waals surface area contributed by atoms with Crippen LogP contribution in [0.15, 0.2) is 0 Å². The minimum atomic E-state index is -0.744. The van der Waals surface area contributed by atoms with Crippen LogP contribution in [0.25, 0.3) is 0 Å². The molecular formula is C9H17Cl3O4. The van der Waals surface area contributed by atoms with Crippen LogP contribution in [0, 0.1) is 0 Å². The van der Waals surface area contributed by atoms with E-state index in [1.165, 1.54) is 0 Å². The third-order valence-electron chi connectivity index (χ3n) is 1.54. The van der Waals surface area contributed by atoms with Gasteiger partial charge in [-0.15, -0.1) is 34.8 Å². The highest BCUT2D eigenvalue weighted by Gasteiger charge is 2.20. The number of aliphatic hydroxyl groups is 2. The highest BCUT2D eigenvalue weighted by atomic mass is 35.5. The number of alkyl halides is 3. The topological polar surface area (TPSA) is 65.5 Å². The third kappa shape index (κ3) is 12.8. The molecule has 3 atom stereocenters. The van der Waals surface area contributed by atoms with Crippen LogP contribution in [0.4, 0.5) is 0 Å². The van der Waals surface area contributed by atoms with Crippen LogP contribution in [-0.4, -0.2) is 66.0 Å². The molecule has 0 aromatic carbocycles. The summed E-state index contributed by atoms with van der Waals surface area (Å²) in [6, 6.07) is 0. The Morgan fingerprint density at radius 3 is 1.44 bits per heavy atom. The van der Waals surface area contributed by atoms with Gasteiger partial charge in [0.2, 0.25) is 0 Å². The maximum atomic E-state index is 8.28. The van der Waals surface area contributed by atoms with E-state index in [2.05, 4.69) is 0 Å². The van der Waals surface area contributed by atoms with E-state index in [0.29, 0.717) is 24.0 Å². The van der Waals surface area contributed by atoms with Crippen molar-refractivity contribution in [3.8, 4) is 0 Å². The summed E-state index contributed by atoms with van der Waals surface area (Å²) < 4.78 is 9.45. The van der Waals surface area contributed by atoms with Gasteiger partial charge < -0.3 is 19.7 Å². The molecule has 0 saturated carbocycles. The summed E-state index contributed by atoms with van der Waals surface area (Å²) in [7, 11) is 0. The zero-order valence-electron chi connectivity index (χ0n) is 8.82. The monoisotopic (exact) mass is 294 g/mol. The van der Waals surface area contributed by atoms with Gasteiger partial charge in [-0.25, -0.2) is 0 Å². The van der Waals surface area contributed by atoms with Crippen molar-refractivity contribution in [2.24, 2.45) is 0 Å². The van der Waals surface area contributed by atoms with E-state index in [0.717, 1.165) is 13.2 Å². The van der Waals surface area contributed by atoms with E-state index in [4.69, 9.17) is 54.5 Å². The fourth-order valence-electron chi connectivity index (χ4n) is 0.363. The van der Waals surface area contributed by atoms with Crippen molar-refractivity contribution in [2.45, 2.75) is 18.3 Å². The lowest BCUT2D eigenvalue weighted by molar-refractivity contribution is 0.112. The third-order valence-corrected chi connectivity index (χ3v) is 2.58. The molecule has 7 heteroatoms. The second-order valence-corrected chi connectivity index (χ2v) is 4.14. The molecule has 0 aromatic heterocycles. The van der Waals surface area contributed by atoms with Crippen molar-refractivity contribution in [2.75, 3.05) is 37.5 Å². The predicted octanol–water partition coefficient (Wildman–Crippen LogP) is 0.826. The number of hydrogen-bond acceptors (Lipinski definition) is 4. The minimum Gasteiger partial charge on any atom is -0.394 e. The first-order valence-electron chi connectivity index (χ1n) is 4.87. The first kappa shape index (κ1) is 16.7. The molecule has 2 aliphatic heterocycles. The van der Waals surface area contributed by atoms with Crippen molar-refractivity contribution in [1.29, 1.82) is 0 Å². The maximum absolute atomic E-state index is 8.28. The lowest BCUT2D eigenvalue weighted by Gasteiger charge is -1.95. The average Bonchev–Trinajstić information content (AvgIpc) is 3.23. The second kappa shape index (κ2) is 10.8. The molecule has 2 fully saturated rings. The highest BCUT2D eigenvalue weighted by Crippen LogP contribution is 2.09. The molecular weight excluding hydrogens is 278 g/mol. The lowest BCUT2D eigenvalue weighted by atomic mass is 10.5. The van der Waals surface area contributed by atoms with E-state index in [1.54, 1.807) is 0 Å². The molecule has 4 nitrogen and oxygen atoms in total. The summed E-state index contributed by atoms with van der Waals surface area (Å²) in [5, 5.41) is 16.3. The van der Waals surface area contributed by atoms with Gasteiger partial charge in [0.05, 0.1) is 55.8 Å². The molecule has 0 spiro atoms. The quantitative estimate of drug-likeness (QED) is 0.595. The Morgan fingerprint density at radius 1 is 1.06 bits per heavy atom. The van der Waals surface area contributed by atoms with Gasteiger partial charge in [0.1, 0.15) is 0 Å². The number of aliphatic hydroxyl groups excluding tert-OH is 2. The van der Waals surface area contributed by atoms with Gasteiger partial charge in [-0.05, 0) is 0 Å². The molecule has 0 aliphatic carbocycles. The first-order valence-corrected chi connectivity index (χ1v) is 6.48. The normalized spacial score (nSPS) is 26.8. The molecule has 2 aliphatic rings. The minimum absolute atomic E-state index is 0.108. The molecule has 2 N–H and O–H groups in total. The number of hydrogen-bond donors (Lipinski definition) is 2. The Balaban J connectivity index is 0.000000211. The number of rotatable bonds is 4. The molecule has 0 radical (unpaired) electrons. The van der Waals surface area contributed by atoms with Crippen LogP contribution < -0.4 is 0 Å². The van der Waals surface area contributed by atoms with E-state index >= 15 is 0 Å². The highest BCUT2D eigenvalue weighted by molar-refractivity contribution is 6.18. The largest absolute Gasteiger partial charge is 0.394 e. The van der Waals surface area contributed by atoms with Crippen LogP contribution in [-0.2, 0) is 9.47 Å². The van der Waals surface area contributed by atoms with Gasteiger partial charge in [0, 0.05) is 0 Å². The Labute approximate surface area is 110 Å². The van der Waals surface area contributed by atoms with Crippen LogP contribution in [0.2, 0.25) is 0 Å². The number of halogens is 3. The van der Waals surface area contributed by atoms with E-state index in [1.807, 2.05) is 0 Å². The van der Waals surface area contributed by atoms with E-state index in [9.17, 15) is 0 Å². The summed E-state index contributed by atoms with van der Waals surface area (Å²) in [5.74, 6) is 1.44. The van der Waals surface area contributed by atoms with Gasteiger partial charge in [0.25, 0.3) is 0 Å². The van der Waals surface area contributed by atoms with E-state index < -0.39 is 6.10 Å². The van der Waals surface area contributed by atoms with Crippen LogP contribution in [0.1, 0.15) is 0 Å². The zero-order valence-corrected chi connectivity index (χ0v) is 11.1. The Kier molecular flexibility index (Phi) is 11.3. The summed E-state index contributed by atoms with van der Waals surface area (Å²) in [6.07, 6.45) is 0.0556. The summed E-state index contributed by atoms with van der Waals surface area (Å²) in [5.41, 5.74) is 0. The maximum Gasteiger partial charge on any atom is 0.0944 e. The standard InChI is InChI=1S/C3H7ClO2.2C3H5ClO/c4-1-3(6)2-5;2*4-1-3-2-5-3/h3,5-6H,1-2H2;2*3H,1-2H2/t2*3-;/m01./s1. The van der Waals surface area contributed by atoms with Crippen LogP contribution in [0.5, 0.6) is 0 Å². The molecule has 2 heterocycles. The van der Waals surface area contributed by atoms with Crippen LogP contribution >= 0.6 is 34.8 Å². The molecule has 0 amide bonds. The van der Waals surface area contributed by atoms with Crippen molar-refractivity contribution >= 4 is 34.8 Å². The molecule has 2 saturated heterocycles. The number of ether oxygens (including phenoxy) is 2. The Bertz CT molecular complexity index is 138. The van der Waals surface area contributed by atoms with Crippen LogP contribution in [0.3, 0.4) is 0 Å². The summed E-state index contributed by atoms with van der Waals surface area (Å²) >= 11 is 15.6.